The van der Waals surface area contributed by atoms with Crippen molar-refractivity contribution in [2.45, 2.75) is 25.9 Å². The molecular formula is C16H16N6O2. The van der Waals surface area contributed by atoms with Gasteiger partial charge in [-0.15, -0.1) is 0 Å². The molecule has 1 aliphatic heterocycles. The number of carbonyl (C=O) groups excluding carboxylic acids is 2. The monoisotopic (exact) mass is 324 g/mol. The average Bonchev–Trinajstić information content (AvgIpc) is 3.21. The molecule has 24 heavy (non-hydrogen) atoms. The van der Waals surface area contributed by atoms with Gasteiger partial charge in [-0.05, 0) is 37.6 Å². The number of aromatic amines is 1. The number of fused-ring (bicyclic) bond motifs is 1. The number of anilines is 1. The van der Waals surface area contributed by atoms with Crippen molar-refractivity contribution in [2.24, 2.45) is 0 Å². The van der Waals surface area contributed by atoms with E-state index >= 15 is 0 Å². The molecule has 0 radical (unpaired) electrons. The Kier molecular flexibility index (Phi) is 2.96. The van der Waals surface area contributed by atoms with Crippen molar-refractivity contribution in [3.8, 4) is 0 Å². The van der Waals surface area contributed by atoms with Crippen LogP contribution in [0.15, 0.2) is 36.8 Å². The fraction of sp³-hybridized carbons (Fsp3) is 0.250. The number of hydrogen-bond donors (Lipinski definition) is 2. The Morgan fingerprint density at radius 1 is 1.29 bits per heavy atom. The van der Waals surface area contributed by atoms with Gasteiger partial charge in [0.15, 0.2) is 0 Å². The van der Waals surface area contributed by atoms with Gasteiger partial charge in [0, 0.05) is 17.8 Å². The fourth-order valence-corrected chi connectivity index (χ4v) is 3.08. The number of rotatable bonds is 3. The fourth-order valence-electron chi connectivity index (χ4n) is 3.08. The number of aryl methyl sites for hydroxylation is 1. The number of aromatic nitrogens is 4. The van der Waals surface area contributed by atoms with Crippen LogP contribution in [0.2, 0.25) is 0 Å². The van der Waals surface area contributed by atoms with E-state index in [9.17, 15) is 9.59 Å². The van der Waals surface area contributed by atoms with Gasteiger partial charge in [0.25, 0.3) is 5.91 Å². The van der Waals surface area contributed by atoms with E-state index in [1.165, 1.54) is 4.90 Å². The number of H-pyrrole nitrogens is 1. The number of urea groups is 1. The van der Waals surface area contributed by atoms with Gasteiger partial charge in [-0.2, -0.15) is 10.2 Å². The Morgan fingerprint density at radius 3 is 2.88 bits per heavy atom. The second kappa shape index (κ2) is 4.92. The number of nitrogens with zero attached hydrogens (tertiary/aromatic N) is 4. The lowest BCUT2D eigenvalue weighted by Crippen LogP contribution is -2.47. The van der Waals surface area contributed by atoms with E-state index in [2.05, 4.69) is 20.6 Å². The first-order chi connectivity index (χ1) is 11.5. The average molecular weight is 324 g/mol. The van der Waals surface area contributed by atoms with Gasteiger partial charge in [0.05, 0.1) is 23.9 Å². The quantitative estimate of drug-likeness (QED) is 0.715. The van der Waals surface area contributed by atoms with Crippen LogP contribution in [0.1, 0.15) is 12.5 Å². The maximum atomic E-state index is 12.9. The molecule has 0 aliphatic carbocycles. The van der Waals surface area contributed by atoms with Crippen LogP contribution in [0, 0.1) is 6.92 Å². The third-order valence-corrected chi connectivity index (χ3v) is 4.31. The molecule has 2 N–H and O–H groups in total. The number of imide groups is 1. The molecule has 8 nitrogen and oxygen atoms in total. The molecule has 8 heteroatoms. The zero-order valence-corrected chi connectivity index (χ0v) is 13.3. The summed E-state index contributed by atoms with van der Waals surface area (Å²) in [6.07, 6.45) is 5.12. The summed E-state index contributed by atoms with van der Waals surface area (Å²) >= 11 is 0. The highest BCUT2D eigenvalue weighted by Crippen LogP contribution is 2.29. The first kappa shape index (κ1) is 14.4. The SMILES string of the molecule is Cc1cc(N2C(=O)NC(C)(Cn3cccn3)C2=O)cc2[nH]ncc12. The maximum absolute atomic E-state index is 12.9. The lowest BCUT2D eigenvalue weighted by Gasteiger charge is -2.21. The van der Waals surface area contributed by atoms with E-state index in [1.54, 1.807) is 42.3 Å². The molecule has 2 aromatic heterocycles. The van der Waals surface area contributed by atoms with Gasteiger partial charge in [-0.3, -0.25) is 14.6 Å². The molecule has 3 amide bonds. The molecule has 1 aliphatic rings. The van der Waals surface area contributed by atoms with Crippen LogP contribution >= 0.6 is 0 Å². The third kappa shape index (κ3) is 2.07. The Morgan fingerprint density at radius 2 is 2.12 bits per heavy atom. The second-order valence-corrected chi connectivity index (χ2v) is 6.20. The molecule has 1 fully saturated rings. The minimum absolute atomic E-state index is 0.270. The van der Waals surface area contributed by atoms with E-state index in [0.29, 0.717) is 5.69 Å². The first-order valence-corrected chi connectivity index (χ1v) is 7.56. The molecule has 0 bridgehead atoms. The first-order valence-electron chi connectivity index (χ1n) is 7.56. The molecular weight excluding hydrogens is 308 g/mol. The molecule has 1 unspecified atom stereocenters. The zero-order valence-electron chi connectivity index (χ0n) is 13.3. The number of nitrogens with one attached hydrogen (secondary N) is 2. The highest BCUT2D eigenvalue weighted by atomic mass is 16.2. The number of benzene rings is 1. The lowest BCUT2D eigenvalue weighted by molar-refractivity contribution is -0.122. The summed E-state index contributed by atoms with van der Waals surface area (Å²) < 4.78 is 1.63. The van der Waals surface area contributed by atoms with Crippen LogP contribution in [0.5, 0.6) is 0 Å². The molecule has 1 atom stereocenters. The summed E-state index contributed by atoms with van der Waals surface area (Å²) in [5.41, 5.74) is 1.21. The van der Waals surface area contributed by atoms with Crippen molar-refractivity contribution in [2.75, 3.05) is 4.90 Å². The summed E-state index contributed by atoms with van der Waals surface area (Å²) in [7, 11) is 0. The van der Waals surface area contributed by atoms with Gasteiger partial charge < -0.3 is 5.32 Å². The molecule has 4 rings (SSSR count). The molecule has 3 aromatic rings. The van der Waals surface area contributed by atoms with Gasteiger partial charge in [-0.1, -0.05) is 0 Å². The predicted octanol–water partition coefficient (Wildman–Crippen LogP) is 1.58. The number of carbonyl (C=O) groups is 2. The Labute approximate surface area is 137 Å². The van der Waals surface area contributed by atoms with Crippen molar-refractivity contribution >= 4 is 28.5 Å². The van der Waals surface area contributed by atoms with Gasteiger partial charge in [-0.25, -0.2) is 9.69 Å². The topological polar surface area (TPSA) is 95.9 Å². The van der Waals surface area contributed by atoms with E-state index in [1.807, 2.05) is 13.0 Å². The normalized spacial score (nSPS) is 20.8. The highest BCUT2D eigenvalue weighted by molar-refractivity contribution is 6.23. The van der Waals surface area contributed by atoms with Crippen LogP contribution in [0.3, 0.4) is 0 Å². The molecule has 1 saturated heterocycles. The van der Waals surface area contributed by atoms with E-state index < -0.39 is 11.6 Å². The van der Waals surface area contributed by atoms with Crippen molar-refractivity contribution < 1.29 is 9.59 Å². The summed E-state index contributed by atoms with van der Waals surface area (Å²) in [5, 5.41) is 14.7. The van der Waals surface area contributed by atoms with Gasteiger partial charge >= 0.3 is 6.03 Å². The van der Waals surface area contributed by atoms with Crippen LogP contribution in [0.25, 0.3) is 10.9 Å². The van der Waals surface area contributed by atoms with Crippen molar-refractivity contribution in [3.63, 3.8) is 0 Å². The Balaban J connectivity index is 1.72. The molecule has 0 saturated carbocycles. The molecule has 0 spiro atoms. The summed E-state index contributed by atoms with van der Waals surface area (Å²) in [4.78, 5) is 26.6. The van der Waals surface area contributed by atoms with Gasteiger partial charge in [0.2, 0.25) is 0 Å². The van der Waals surface area contributed by atoms with E-state index in [4.69, 9.17) is 0 Å². The molecule has 1 aromatic carbocycles. The Hall–Kier alpha value is -3.16. The minimum atomic E-state index is -1.04. The van der Waals surface area contributed by atoms with Crippen molar-refractivity contribution in [1.82, 2.24) is 25.3 Å². The van der Waals surface area contributed by atoms with Gasteiger partial charge in [0.1, 0.15) is 5.54 Å². The van der Waals surface area contributed by atoms with Crippen LogP contribution in [0.4, 0.5) is 10.5 Å². The number of hydrogen-bond acceptors (Lipinski definition) is 4. The predicted molar refractivity (Wildman–Crippen MR) is 87.5 cm³/mol. The van der Waals surface area contributed by atoms with Crippen LogP contribution in [-0.2, 0) is 11.3 Å². The molecule has 3 heterocycles. The van der Waals surface area contributed by atoms with Crippen molar-refractivity contribution in [3.05, 3.63) is 42.4 Å². The lowest BCUT2D eigenvalue weighted by atomic mass is 10.0. The molecule has 122 valence electrons. The van der Waals surface area contributed by atoms with E-state index in [-0.39, 0.29) is 12.5 Å². The van der Waals surface area contributed by atoms with Crippen LogP contribution < -0.4 is 10.2 Å². The standard InChI is InChI=1S/C16H16N6O2/c1-10-6-11(7-13-12(10)8-17-20-13)22-14(23)16(2,19-15(22)24)9-21-5-3-4-18-21/h3-8H,9H2,1-2H3,(H,17,20)(H,19,24). The summed E-state index contributed by atoms with van der Waals surface area (Å²) in [5.74, 6) is -0.304. The summed E-state index contributed by atoms with van der Waals surface area (Å²) in [6.45, 7) is 3.89. The smallest absolute Gasteiger partial charge is 0.321 e. The minimum Gasteiger partial charge on any atom is -0.321 e. The third-order valence-electron chi connectivity index (χ3n) is 4.31. The van der Waals surface area contributed by atoms with Crippen molar-refractivity contribution in [1.29, 1.82) is 0 Å². The highest BCUT2D eigenvalue weighted by Gasteiger charge is 2.49. The largest absolute Gasteiger partial charge is 0.329 e. The van der Waals surface area contributed by atoms with Crippen LogP contribution in [-0.4, -0.2) is 37.5 Å². The Bertz CT molecular complexity index is 945. The number of amides is 3. The summed E-state index contributed by atoms with van der Waals surface area (Å²) in [6, 6.07) is 4.91. The van der Waals surface area contributed by atoms with E-state index in [0.717, 1.165) is 16.5 Å². The second-order valence-electron chi connectivity index (χ2n) is 6.20. The zero-order chi connectivity index (χ0) is 16.9. The maximum Gasteiger partial charge on any atom is 0.329 e.